The lowest BCUT2D eigenvalue weighted by Crippen LogP contribution is -2.27. The SMILES string of the molecule is Cc1cccc(C(=O)NCCn2ccnc2)c1F. The molecule has 18 heavy (non-hydrogen) atoms. The lowest BCUT2D eigenvalue weighted by atomic mass is 10.1. The Balaban J connectivity index is 1.93. The van der Waals surface area contributed by atoms with Crippen molar-refractivity contribution in [3.05, 3.63) is 53.9 Å². The largest absolute Gasteiger partial charge is 0.350 e. The molecule has 0 aliphatic rings. The molecule has 0 atom stereocenters. The number of nitrogens with one attached hydrogen (secondary N) is 1. The average Bonchev–Trinajstić information content (AvgIpc) is 2.85. The zero-order valence-electron chi connectivity index (χ0n) is 10.1. The van der Waals surface area contributed by atoms with Gasteiger partial charge in [-0.1, -0.05) is 12.1 Å². The number of rotatable bonds is 4. The first-order valence-electron chi connectivity index (χ1n) is 5.67. The highest BCUT2D eigenvalue weighted by Gasteiger charge is 2.12. The number of halogens is 1. The van der Waals surface area contributed by atoms with Crippen LogP contribution >= 0.6 is 0 Å². The Labute approximate surface area is 104 Å². The molecule has 1 N–H and O–H groups in total. The fraction of sp³-hybridized carbons (Fsp3) is 0.231. The minimum absolute atomic E-state index is 0.0839. The minimum atomic E-state index is -0.461. The molecular weight excluding hydrogens is 233 g/mol. The number of amides is 1. The van der Waals surface area contributed by atoms with Crippen molar-refractivity contribution in [3.8, 4) is 0 Å². The van der Waals surface area contributed by atoms with Crippen molar-refractivity contribution in [1.29, 1.82) is 0 Å². The number of imidazole rings is 1. The van der Waals surface area contributed by atoms with Crippen LogP contribution < -0.4 is 5.32 Å². The Morgan fingerprint density at radius 2 is 2.33 bits per heavy atom. The van der Waals surface area contributed by atoms with E-state index < -0.39 is 11.7 Å². The second kappa shape index (κ2) is 5.44. The van der Waals surface area contributed by atoms with Crippen LogP contribution in [0.15, 0.2) is 36.9 Å². The molecule has 0 fully saturated rings. The summed E-state index contributed by atoms with van der Waals surface area (Å²) in [4.78, 5) is 15.7. The Morgan fingerprint density at radius 3 is 3.06 bits per heavy atom. The molecule has 1 aromatic carbocycles. The summed E-state index contributed by atoms with van der Waals surface area (Å²) in [5.41, 5.74) is 0.554. The molecule has 0 spiro atoms. The molecule has 1 aromatic heterocycles. The molecule has 0 unspecified atom stereocenters. The summed E-state index contributed by atoms with van der Waals surface area (Å²) in [6, 6.07) is 4.79. The van der Waals surface area contributed by atoms with Crippen molar-refractivity contribution in [3.63, 3.8) is 0 Å². The fourth-order valence-corrected chi connectivity index (χ4v) is 1.64. The van der Waals surface area contributed by atoms with E-state index in [1.807, 2.05) is 4.57 Å². The lowest BCUT2D eigenvalue weighted by Gasteiger charge is -2.07. The molecule has 2 rings (SSSR count). The molecule has 1 heterocycles. The first kappa shape index (κ1) is 12.3. The molecule has 1 amide bonds. The monoisotopic (exact) mass is 247 g/mol. The smallest absolute Gasteiger partial charge is 0.254 e. The zero-order valence-corrected chi connectivity index (χ0v) is 10.1. The Kier molecular flexibility index (Phi) is 3.72. The van der Waals surface area contributed by atoms with Gasteiger partial charge in [-0.05, 0) is 18.6 Å². The molecule has 0 bridgehead atoms. The fourth-order valence-electron chi connectivity index (χ4n) is 1.64. The van der Waals surface area contributed by atoms with E-state index in [2.05, 4.69) is 10.3 Å². The standard InChI is InChI=1S/C13H14FN3O/c1-10-3-2-4-11(12(10)14)13(18)16-6-8-17-7-5-15-9-17/h2-5,7,9H,6,8H2,1H3,(H,16,18). The van der Waals surface area contributed by atoms with Crippen molar-refractivity contribution in [2.45, 2.75) is 13.5 Å². The normalized spacial score (nSPS) is 10.3. The zero-order chi connectivity index (χ0) is 13.0. The van der Waals surface area contributed by atoms with Gasteiger partial charge >= 0.3 is 0 Å². The third-order valence-electron chi connectivity index (χ3n) is 2.65. The van der Waals surface area contributed by atoms with E-state index in [4.69, 9.17) is 0 Å². The van der Waals surface area contributed by atoms with Crippen molar-refractivity contribution in [2.24, 2.45) is 0 Å². The Hall–Kier alpha value is -2.17. The van der Waals surface area contributed by atoms with Crippen LogP contribution in [-0.4, -0.2) is 22.0 Å². The Bertz CT molecular complexity index is 537. The quantitative estimate of drug-likeness (QED) is 0.894. The van der Waals surface area contributed by atoms with E-state index in [0.29, 0.717) is 18.7 Å². The molecule has 5 heteroatoms. The highest BCUT2D eigenvalue weighted by Crippen LogP contribution is 2.11. The number of aromatic nitrogens is 2. The second-order valence-corrected chi connectivity index (χ2v) is 3.99. The molecular formula is C13H14FN3O. The Morgan fingerprint density at radius 1 is 1.50 bits per heavy atom. The topological polar surface area (TPSA) is 46.9 Å². The maximum Gasteiger partial charge on any atom is 0.254 e. The number of nitrogens with zero attached hydrogens (tertiary/aromatic N) is 2. The van der Waals surface area contributed by atoms with Gasteiger partial charge in [-0.25, -0.2) is 9.37 Å². The van der Waals surface area contributed by atoms with Gasteiger partial charge in [0.25, 0.3) is 5.91 Å². The highest BCUT2D eigenvalue weighted by molar-refractivity contribution is 5.94. The van der Waals surface area contributed by atoms with Crippen LogP contribution in [0.1, 0.15) is 15.9 Å². The number of hydrogen-bond donors (Lipinski definition) is 1. The van der Waals surface area contributed by atoms with E-state index in [0.717, 1.165) is 0 Å². The van der Waals surface area contributed by atoms with Crippen LogP contribution in [0.5, 0.6) is 0 Å². The molecule has 4 nitrogen and oxygen atoms in total. The number of carbonyl (C=O) groups excluding carboxylic acids is 1. The van der Waals surface area contributed by atoms with Crippen LogP contribution in [0, 0.1) is 12.7 Å². The van der Waals surface area contributed by atoms with Gasteiger partial charge in [0, 0.05) is 25.5 Å². The van der Waals surface area contributed by atoms with Gasteiger partial charge in [-0.15, -0.1) is 0 Å². The highest BCUT2D eigenvalue weighted by atomic mass is 19.1. The predicted molar refractivity (Wildman–Crippen MR) is 65.7 cm³/mol. The molecule has 2 aromatic rings. The molecule has 0 saturated heterocycles. The van der Waals surface area contributed by atoms with Crippen molar-refractivity contribution in [2.75, 3.05) is 6.54 Å². The van der Waals surface area contributed by atoms with Crippen LogP contribution in [0.4, 0.5) is 4.39 Å². The maximum absolute atomic E-state index is 13.7. The predicted octanol–water partition coefficient (Wildman–Crippen LogP) is 1.76. The van der Waals surface area contributed by atoms with Gasteiger partial charge in [-0.3, -0.25) is 4.79 Å². The van der Waals surface area contributed by atoms with Crippen LogP contribution in [-0.2, 0) is 6.54 Å². The van der Waals surface area contributed by atoms with Gasteiger partial charge in [0.2, 0.25) is 0 Å². The third kappa shape index (κ3) is 2.74. The summed E-state index contributed by atoms with van der Waals surface area (Å²) in [6.45, 7) is 2.68. The molecule has 94 valence electrons. The van der Waals surface area contributed by atoms with Gasteiger partial charge in [0.1, 0.15) is 5.82 Å². The van der Waals surface area contributed by atoms with Crippen LogP contribution in [0.25, 0.3) is 0 Å². The number of aryl methyl sites for hydroxylation is 1. The van der Waals surface area contributed by atoms with E-state index in [1.54, 1.807) is 37.8 Å². The third-order valence-corrected chi connectivity index (χ3v) is 2.65. The summed E-state index contributed by atoms with van der Waals surface area (Å²) in [5.74, 6) is -0.853. The van der Waals surface area contributed by atoms with Crippen LogP contribution in [0.3, 0.4) is 0 Å². The minimum Gasteiger partial charge on any atom is -0.350 e. The van der Waals surface area contributed by atoms with E-state index in [1.165, 1.54) is 6.07 Å². The van der Waals surface area contributed by atoms with E-state index >= 15 is 0 Å². The number of carbonyl (C=O) groups is 1. The lowest BCUT2D eigenvalue weighted by molar-refractivity contribution is 0.0948. The first-order chi connectivity index (χ1) is 8.68. The average molecular weight is 247 g/mol. The van der Waals surface area contributed by atoms with Crippen molar-refractivity contribution < 1.29 is 9.18 Å². The van der Waals surface area contributed by atoms with Crippen LogP contribution in [0.2, 0.25) is 0 Å². The number of benzene rings is 1. The second-order valence-electron chi connectivity index (χ2n) is 3.99. The molecule has 0 aliphatic heterocycles. The van der Waals surface area contributed by atoms with Crippen molar-refractivity contribution >= 4 is 5.91 Å². The maximum atomic E-state index is 13.7. The summed E-state index contributed by atoms with van der Waals surface area (Å²) in [7, 11) is 0. The van der Waals surface area contributed by atoms with E-state index in [-0.39, 0.29) is 5.56 Å². The van der Waals surface area contributed by atoms with Gasteiger partial charge in [0.05, 0.1) is 11.9 Å². The number of hydrogen-bond acceptors (Lipinski definition) is 2. The molecule has 0 radical (unpaired) electrons. The summed E-state index contributed by atoms with van der Waals surface area (Å²) < 4.78 is 15.5. The summed E-state index contributed by atoms with van der Waals surface area (Å²) in [6.07, 6.45) is 5.14. The van der Waals surface area contributed by atoms with Gasteiger partial charge in [0.15, 0.2) is 0 Å². The summed E-state index contributed by atoms with van der Waals surface area (Å²) in [5, 5.41) is 2.68. The van der Waals surface area contributed by atoms with Gasteiger partial charge < -0.3 is 9.88 Å². The van der Waals surface area contributed by atoms with Gasteiger partial charge in [-0.2, -0.15) is 0 Å². The molecule has 0 aliphatic carbocycles. The van der Waals surface area contributed by atoms with E-state index in [9.17, 15) is 9.18 Å². The van der Waals surface area contributed by atoms with Crippen molar-refractivity contribution in [1.82, 2.24) is 14.9 Å². The molecule has 0 saturated carbocycles. The summed E-state index contributed by atoms with van der Waals surface area (Å²) >= 11 is 0. The first-order valence-corrected chi connectivity index (χ1v) is 5.67.